The fourth-order valence-corrected chi connectivity index (χ4v) is 1.11. The normalized spacial score (nSPS) is 16.5. The maximum Gasteiger partial charge on any atom is 0.162 e. The molecule has 0 saturated carbocycles. The first-order valence-electron chi connectivity index (χ1n) is 3.93. The van der Waals surface area contributed by atoms with Crippen molar-refractivity contribution in [2.24, 2.45) is 0 Å². The van der Waals surface area contributed by atoms with Crippen molar-refractivity contribution >= 4 is 9.69 Å². The molecule has 0 bridgehead atoms. The minimum Gasteiger partial charge on any atom is -0.348 e. The van der Waals surface area contributed by atoms with Gasteiger partial charge in [0.15, 0.2) is 6.29 Å². The van der Waals surface area contributed by atoms with E-state index < -0.39 is 0 Å². The van der Waals surface area contributed by atoms with Crippen molar-refractivity contribution in [3.05, 3.63) is 35.9 Å². The minimum absolute atomic E-state index is 0.149. The monoisotopic (exact) mass is 248 g/mol. The first-order valence-corrected chi connectivity index (χ1v) is 7.82. The van der Waals surface area contributed by atoms with Crippen LogP contribution >= 0.6 is 9.69 Å². The molecule has 2 nitrogen and oxygen atoms in total. The Morgan fingerprint density at radius 1 is 1.23 bits per heavy atom. The van der Waals surface area contributed by atoms with E-state index in [-0.39, 0.29) is 6.29 Å². The van der Waals surface area contributed by atoms with Crippen LogP contribution in [0.2, 0.25) is 0 Å². The van der Waals surface area contributed by atoms with E-state index in [2.05, 4.69) is 6.07 Å². The van der Waals surface area contributed by atoms with Crippen LogP contribution in [0.4, 0.5) is 0 Å². The van der Waals surface area contributed by atoms with Crippen LogP contribution in [0.15, 0.2) is 24.3 Å². The van der Waals surface area contributed by atoms with Gasteiger partial charge in [0.05, 0.1) is 13.2 Å². The maximum absolute atomic E-state index is 5.30. The summed E-state index contributed by atoms with van der Waals surface area (Å²) in [5, 5.41) is 0. The maximum atomic E-state index is 5.30. The molecule has 0 aromatic heterocycles. The molecule has 1 fully saturated rings. The molecule has 0 atom stereocenters. The van der Waals surface area contributed by atoms with E-state index in [1.807, 2.05) is 24.3 Å². The quantitative estimate of drug-likeness (QED) is 0.562. The molecule has 0 radical (unpaired) electrons. The third kappa shape index (κ3) is 3.36. The first kappa shape index (κ1) is 11.1. The predicted octanol–water partition coefficient (Wildman–Crippen LogP) is 2.22. The fraction of sp³-hybridized carbons (Fsp3) is 0.333. The Bertz CT molecular complexity index is 224. The summed E-state index contributed by atoms with van der Waals surface area (Å²) in [5.41, 5.74) is 1.07. The van der Waals surface area contributed by atoms with E-state index in [9.17, 15) is 0 Å². The fourth-order valence-electron chi connectivity index (χ4n) is 1.11. The van der Waals surface area contributed by atoms with Crippen molar-refractivity contribution in [1.82, 2.24) is 0 Å². The molecule has 13 heavy (non-hydrogen) atoms. The number of hydrogen-bond acceptors (Lipinski definition) is 2. The van der Waals surface area contributed by atoms with Crippen LogP contribution in [-0.2, 0) is 26.8 Å². The van der Waals surface area contributed by atoms with Gasteiger partial charge >= 0.3 is 27.0 Å². The molecule has 0 N–H and O–H groups in total. The van der Waals surface area contributed by atoms with E-state index >= 15 is 0 Å². The third-order valence-corrected chi connectivity index (χ3v) is 1.64. The average molecular weight is 250 g/mol. The molecule has 66 valence electrons. The van der Waals surface area contributed by atoms with Crippen LogP contribution in [0.1, 0.15) is 11.9 Å². The van der Waals surface area contributed by atoms with Crippen molar-refractivity contribution in [3.8, 4) is 0 Å². The van der Waals surface area contributed by atoms with Gasteiger partial charge in [0.25, 0.3) is 0 Å². The molecular formula is C9H9ClO2Zn. The molecule has 1 aromatic rings. The topological polar surface area (TPSA) is 18.5 Å². The smallest absolute Gasteiger partial charge is 0.162 e. The molecule has 0 unspecified atom stereocenters. The van der Waals surface area contributed by atoms with E-state index in [1.165, 1.54) is 0 Å². The number of benzene rings is 1. The second-order valence-electron chi connectivity index (χ2n) is 2.41. The van der Waals surface area contributed by atoms with Crippen molar-refractivity contribution < 1.29 is 26.8 Å². The van der Waals surface area contributed by atoms with Crippen LogP contribution in [-0.4, -0.2) is 13.2 Å². The molecule has 2 rings (SSSR count). The molecule has 1 aliphatic rings. The first-order chi connectivity index (χ1) is 6.47. The van der Waals surface area contributed by atoms with E-state index in [0.717, 1.165) is 22.9 Å². The van der Waals surface area contributed by atoms with Crippen molar-refractivity contribution in [1.29, 1.82) is 0 Å². The van der Waals surface area contributed by atoms with Crippen LogP contribution in [0.25, 0.3) is 0 Å². The number of halogens is 1. The van der Waals surface area contributed by atoms with Crippen LogP contribution in [0.5, 0.6) is 0 Å². The molecule has 0 aliphatic carbocycles. The Morgan fingerprint density at radius 3 is 2.31 bits per heavy atom. The standard InChI is InChI=1S/C9H9O2.ClH.Zn/c1-2-4-8(5-3-1)9-10-6-7-11-9;;/h2-5,9H,6-7H2;1H;/q-1;;+2/p-1. The molecule has 0 spiro atoms. The molecule has 0 amide bonds. The second kappa shape index (κ2) is 6.50. The molecule has 4 heteroatoms. The number of rotatable bonds is 1. The van der Waals surface area contributed by atoms with Crippen LogP contribution in [0, 0.1) is 6.07 Å². The van der Waals surface area contributed by atoms with Crippen molar-refractivity contribution in [2.45, 2.75) is 6.29 Å². The van der Waals surface area contributed by atoms with Gasteiger partial charge in [-0.25, -0.2) is 0 Å². The summed E-state index contributed by atoms with van der Waals surface area (Å²) in [7, 11) is 4.76. The van der Waals surface area contributed by atoms with Crippen LogP contribution < -0.4 is 0 Å². The van der Waals surface area contributed by atoms with E-state index in [1.54, 1.807) is 0 Å². The van der Waals surface area contributed by atoms with Gasteiger partial charge in [-0.15, -0.1) is 5.56 Å². The third-order valence-electron chi connectivity index (χ3n) is 1.64. The SMILES string of the molecule is [Cl][Zn+].[c-]1ccc(C2OCCO2)cc1. The second-order valence-corrected chi connectivity index (χ2v) is 2.41. The Kier molecular flexibility index (Phi) is 5.56. The summed E-state index contributed by atoms with van der Waals surface area (Å²) in [6.45, 7) is 1.40. The molecule has 1 aromatic carbocycles. The van der Waals surface area contributed by atoms with Gasteiger partial charge in [0.2, 0.25) is 0 Å². The summed E-state index contributed by atoms with van der Waals surface area (Å²) in [5.74, 6) is 0. The summed E-state index contributed by atoms with van der Waals surface area (Å²) in [4.78, 5) is 0. The predicted molar refractivity (Wildman–Crippen MR) is 45.8 cm³/mol. The van der Waals surface area contributed by atoms with E-state index in [4.69, 9.17) is 19.2 Å². The van der Waals surface area contributed by atoms with Gasteiger partial charge in [-0.05, 0) is 0 Å². The van der Waals surface area contributed by atoms with Gasteiger partial charge in [-0.2, -0.15) is 30.3 Å². The molecule has 1 aliphatic heterocycles. The zero-order valence-electron chi connectivity index (χ0n) is 7.20. The Hall–Kier alpha value is 0.0534. The van der Waals surface area contributed by atoms with Crippen LogP contribution in [0.3, 0.4) is 0 Å². The summed E-state index contributed by atoms with van der Waals surface area (Å²) < 4.78 is 10.6. The minimum atomic E-state index is -0.149. The Morgan fingerprint density at radius 2 is 1.77 bits per heavy atom. The molecular weight excluding hydrogens is 241 g/mol. The van der Waals surface area contributed by atoms with E-state index in [0.29, 0.717) is 13.2 Å². The Labute approximate surface area is 91.9 Å². The zero-order chi connectivity index (χ0) is 9.52. The molecule has 1 heterocycles. The number of hydrogen-bond donors (Lipinski definition) is 0. The summed E-state index contributed by atoms with van der Waals surface area (Å²) >= 11 is 0.847. The van der Waals surface area contributed by atoms with Gasteiger partial charge in [-0.3, -0.25) is 0 Å². The summed E-state index contributed by atoms with van der Waals surface area (Å²) in [6, 6.07) is 10.6. The van der Waals surface area contributed by atoms with Gasteiger partial charge in [-0.1, -0.05) is 0 Å². The largest absolute Gasteiger partial charge is 0.348 e. The van der Waals surface area contributed by atoms with Gasteiger partial charge in [0, 0.05) is 0 Å². The van der Waals surface area contributed by atoms with Crippen molar-refractivity contribution in [2.75, 3.05) is 13.2 Å². The van der Waals surface area contributed by atoms with Crippen molar-refractivity contribution in [3.63, 3.8) is 0 Å². The molecule has 1 saturated heterocycles. The zero-order valence-corrected chi connectivity index (χ0v) is 10.9. The van der Waals surface area contributed by atoms with Gasteiger partial charge < -0.3 is 9.47 Å². The average Bonchev–Trinajstić information content (AvgIpc) is 2.75. The number of ether oxygens (including phenoxy) is 2. The summed E-state index contributed by atoms with van der Waals surface area (Å²) in [6.07, 6.45) is -0.149. The Balaban J connectivity index is 0.000000396. The van der Waals surface area contributed by atoms with Gasteiger partial charge in [0.1, 0.15) is 0 Å².